The van der Waals surface area contributed by atoms with Crippen LogP contribution in [0.25, 0.3) is 10.2 Å². The average molecular weight is 346 g/mol. The smallest absolute Gasteiger partial charge is 0.297 e. The number of halogens is 2. The maximum absolute atomic E-state index is 14.1. The van der Waals surface area contributed by atoms with Crippen molar-refractivity contribution < 1.29 is 13.6 Å². The number of carbonyl (C=O) groups is 1. The minimum absolute atomic E-state index is 0.0156. The Hall–Kier alpha value is -2.79. The summed E-state index contributed by atoms with van der Waals surface area (Å²) < 4.78 is 30.8. The number of terminal acetylenes is 1. The first-order valence-corrected chi connectivity index (χ1v) is 7.89. The molecule has 122 valence electrons. The molecule has 3 aromatic rings. The lowest BCUT2D eigenvalue weighted by molar-refractivity contribution is 0.0987. The summed E-state index contributed by atoms with van der Waals surface area (Å²) in [6, 6.07) is 3.52. The summed E-state index contributed by atoms with van der Waals surface area (Å²) in [5.41, 5.74) is 0.448. The monoisotopic (exact) mass is 346 g/mol. The highest BCUT2D eigenvalue weighted by Gasteiger charge is 2.15. The Bertz CT molecular complexity index is 1040. The van der Waals surface area contributed by atoms with Gasteiger partial charge < -0.3 is 4.57 Å². The van der Waals surface area contributed by atoms with Gasteiger partial charge in [-0.15, -0.1) is 6.42 Å². The van der Waals surface area contributed by atoms with Crippen molar-refractivity contribution in [1.82, 2.24) is 14.3 Å². The third-order valence-electron chi connectivity index (χ3n) is 3.38. The number of hydrogen-bond acceptors (Lipinski definition) is 3. The first kappa shape index (κ1) is 16.1. The van der Waals surface area contributed by atoms with Gasteiger partial charge in [-0.3, -0.25) is 9.48 Å². The lowest BCUT2D eigenvalue weighted by Crippen LogP contribution is -2.18. The molecular weight excluding hydrogens is 334 g/mol. The van der Waals surface area contributed by atoms with E-state index in [0.29, 0.717) is 16.9 Å². The third-order valence-corrected chi connectivity index (χ3v) is 4.40. The largest absolute Gasteiger partial charge is 0.302 e. The standard InChI is InChI=1S/C16H12F2N4OS/c1-3-7-21-14-11(18)8-10(17)9-13(14)24-16(21)20-15(23)12-5-6-19-22(12)4-2/h1,5-6,8-9H,4,7H2,2H3. The van der Waals surface area contributed by atoms with Crippen molar-refractivity contribution in [3.63, 3.8) is 0 Å². The van der Waals surface area contributed by atoms with Crippen LogP contribution in [0.1, 0.15) is 17.4 Å². The number of thiazole rings is 1. The Labute approximate surface area is 139 Å². The summed E-state index contributed by atoms with van der Waals surface area (Å²) in [6.45, 7) is 2.38. The fourth-order valence-electron chi connectivity index (χ4n) is 2.36. The summed E-state index contributed by atoms with van der Waals surface area (Å²) in [6.07, 6.45) is 6.83. The zero-order chi connectivity index (χ0) is 17.3. The van der Waals surface area contributed by atoms with Gasteiger partial charge in [0.2, 0.25) is 0 Å². The molecule has 0 N–H and O–H groups in total. The number of carbonyl (C=O) groups excluding carboxylic acids is 1. The quantitative estimate of drug-likeness (QED) is 0.685. The van der Waals surface area contributed by atoms with E-state index in [2.05, 4.69) is 16.0 Å². The van der Waals surface area contributed by atoms with Crippen LogP contribution < -0.4 is 4.80 Å². The number of aromatic nitrogens is 3. The van der Waals surface area contributed by atoms with E-state index in [1.165, 1.54) is 21.5 Å². The molecular formula is C16H12F2N4OS. The number of nitrogens with zero attached hydrogens (tertiary/aromatic N) is 4. The number of amides is 1. The molecule has 0 aliphatic heterocycles. The molecule has 0 aliphatic carbocycles. The molecule has 0 saturated heterocycles. The highest BCUT2D eigenvalue weighted by atomic mass is 32.1. The Morgan fingerprint density at radius 3 is 2.96 bits per heavy atom. The Morgan fingerprint density at radius 2 is 2.25 bits per heavy atom. The van der Waals surface area contributed by atoms with Crippen molar-refractivity contribution in [2.45, 2.75) is 20.0 Å². The number of hydrogen-bond donors (Lipinski definition) is 0. The van der Waals surface area contributed by atoms with Crippen LogP contribution in [-0.2, 0) is 13.1 Å². The Morgan fingerprint density at radius 1 is 1.46 bits per heavy atom. The minimum Gasteiger partial charge on any atom is -0.302 e. The number of rotatable bonds is 3. The summed E-state index contributed by atoms with van der Waals surface area (Å²) in [5.74, 6) is 0.430. The molecule has 3 rings (SSSR count). The summed E-state index contributed by atoms with van der Waals surface area (Å²) in [5, 5.41) is 4.02. The molecule has 24 heavy (non-hydrogen) atoms. The van der Waals surface area contributed by atoms with Crippen LogP contribution in [0.3, 0.4) is 0 Å². The minimum atomic E-state index is -0.746. The van der Waals surface area contributed by atoms with E-state index in [9.17, 15) is 13.6 Å². The van der Waals surface area contributed by atoms with E-state index in [4.69, 9.17) is 6.42 Å². The Balaban J connectivity index is 2.22. The highest BCUT2D eigenvalue weighted by Crippen LogP contribution is 2.22. The van der Waals surface area contributed by atoms with Gasteiger partial charge in [-0.05, 0) is 19.1 Å². The second-order valence-electron chi connectivity index (χ2n) is 4.86. The summed E-state index contributed by atoms with van der Waals surface area (Å²) in [7, 11) is 0. The van der Waals surface area contributed by atoms with Crippen molar-refractivity contribution in [2.24, 2.45) is 4.99 Å². The molecule has 0 spiro atoms. The first-order chi connectivity index (χ1) is 11.5. The SMILES string of the molecule is C#CCn1c(=NC(=O)c2ccnn2CC)sc2cc(F)cc(F)c21. The molecule has 0 fully saturated rings. The molecule has 8 heteroatoms. The van der Waals surface area contributed by atoms with E-state index in [0.717, 1.165) is 17.4 Å². The van der Waals surface area contributed by atoms with E-state index in [-0.39, 0.29) is 16.9 Å². The molecule has 0 aliphatic rings. The second-order valence-corrected chi connectivity index (χ2v) is 5.87. The van der Waals surface area contributed by atoms with Crippen LogP contribution in [-0.4, -0.2) is 20.3 Å². The maximum atomic E-state index is 14.1. The zero-order valence-corrected chi connectivity index (χ0v) is 13.5. The molecule has 5 nitrogen and oxygen atoms in total. The van der Waals surface area contributed by atoms with Gasteiger partial charge in [0.05, 0.1) is 16.8 Å². The van der Waals surface area contributed by atoms with Gasteiger partial charge in [0.1, 0.15) is 11.5 Å². The van der Waals surface area contributed by atoms with Gasteiger partial charge in [-0.1, -0.05) is 17.3 Å². The van der Waals surface area contributed by atoms with Gasteiger partial charge in [0, 0.05) is 18.8 Å². The maximum Gasteiger partial charge on any atom is 0.297 e. The predicted octanol–water partition coefficient (Wildman–Crippen LogP) is 2.57. The topological polar surface area (TPSA) is 52.2 Å². The van der Waals surface area contributed by atoms with Crippen LogP contribution >= 0.6 is 11.3 Å². The van der Waals surface area contributed by atoms with Gasteiger partial charge in [0.15, 0.2) is 10.6 Å². The van der Waals surface area contributed by atoms with E-state index in [1.807, 2.05) is 6.92 Å². The fourth-order valence-corrected chi connectivity index (χ4v) is 3.43. The average Bonchev–Trinajstić information content (AvgIpc) is 3.12. The first-order valence-electron chi connectivity index (χ1n) is 7.08. The molecule has 0 atom stereocenters. The Kier molecular flexibility index (Phi) is 4.27. The second kappa shape index (κ2) is 6.37. The van der Waals surface area contributed by atoms with Gasteiger partial charge in [-0.25, -0.2) is 8.78 Å². The van der Waals surface area contributed by atoms with Crippen LogP contribution in [0, 0.1) is 24.0 Å². The van der Waals surface area contributed by atoms with Crippen molar-refractivity contribution in [2.75, 3.05) is 0 Å². The van der Waals surface area contributed by atoms with Crippen LogP contribution in [0.2, 0.25) is 0 Å². The summed E-state index contributed by atoms with van der Waals surface area (Å²) >= 11 is 1.00. The molecule has 0 unspecified atom stereocenters. The zero-order valence-electron chi connectivity index (χ0n) is 12.7. The van der Waals surface area contributed by atoms with Gasteiger partial charge >= 0.3 is 0 Å². The predicted molar refractivity (Wildman–Crippen MR) is 86.4 cm³/mol. The van der Waals surface area contributed by atoms with Crippen LogP contribution in [0.4, 0.5) is 8.78 Å². The molecule has 1 amide bonds. The molecule has 2 aromatic heterocycles. The highest BCUT2D eigenvalue weighted by molar-refractivity contribution is 7.16. The van der Waals surface area contributed by atoms with Crippen molar-refractivity contribution in [1.29, 1.82) is 0 Å². The van der Waals surface area contributed by atoms with Crippen molar-refractivity contribution in [3.8, 4) is 12.3 Å². The van der Waals surface area contributed by atoms with Gasteiger partial charge in [-0.2, -0.15) is 10.1 Å². The molecule has 0 saturated carbocycles. The molecule has 0 radical (unpaired) electrons. The molecule has 2 heterocycles. The van der Waals surface area contributed by atoms with Crippen molar-refractivity contribution >= 4 is 27.5 Å². The van der Waals surface area contributed by atoms with Crippen LogP contribution in [0.5, 0.6) is 0 Å². The molecule has 1 aromatic carbocycles. The van der Waals surface area contributed by atoms with Gasteiger partial charge in [0.25, 0.3) is 5.91 Å². The number of fused-ring (bicyclic) bond motifs is 1. The van der Waals surface area contributed by atoms with E-state index < -0.39 is 17.5 Å². The van der Waals surface area contributed by atoms with Crippen LogP contribution in [0.15, 0.2) is 29.4 Å². The number of aryl methyl sites for hydroxylation is 1. The lowest BCUT2D eigenvalue weighted by Gasteiger charge is -2.02. The lowest BCUT2D eigenvalue weighted by atomic mass is 10.3. The molecule has 0 bridgehead atoms. The van der Waals surface area contributed by atoms with E-state index in [1.54, 1.807) is 6.07 Å². The van der Waals surface area contributed by atoms with Crippen molar-refractivity contribution in [3.05, 3.63) is 46.5 Å². The number of benzene rings is 1. The third kappa shape index (κ3) is 2.74. The summed E-state index contributed by atoms with van der Waals surface area (Å²) in [4.78, 5) is 16.6. The fraction of sp³-hybridized carbons (Fsp3) is 0.188. The normalized spacial score (nSPS) is 11.8. The van der Waals surface area contributed by atoms with E-state index >= 15 is 0 Å².